The zero-order valence-electron chi connectivity index (χ0n) is 54.5. The van der Waals surface area contributed by atoms with Gasteiger partial charge in [0, 0.05) is 48.5 Å². The normalized spacial score (nSPS) is 12.3. The van der Waals surface area contributed by atoms with Gasteiger partial charge in [-0.2, -0.15) is 0 Å². The second-order valence-electron chi connectivity index (χ2n) is 29.1. The Bertz CT molecular complexity index is 3800. The number of hydrogen-bond acceptors (Lipinski definition) is 3. The van der Waals surface area contributed by atoms with Gasteiger partial charge in [0.2, 0.25) is 0 Å². The van der Waals surface area contributed by atoms with E-state index in [1.165, 1.54) is 36.5 Å². The summed E-state index contributed by atoms with van der Waals surface area (Å²) in [5.41, 5.74) is 8.68. The predicted molar refractivity (Wildman–Crippen MR) is 417 cm³/mol. The van der Waals surface area contributed by atoms with Crippen molar-refractivity contribution in [1.82, 2.24) is 0 Å². The summed E-state index contributed by atoms with van der Waals surface area (Å²) in [7, 11) is -8.41. The van der Waals surface area contributed by atoms with E-state index < -0.39 is 48.4 Å². The van der Waals surface area contributed by atoms with E-state index in [4.69, 9.17) is 23.2 Å². The van der Waals surface area contributed by atoms with Crippen molar-refractivity contribution in [2.45, 2.75) is 118 Å². The molecule has 0 aromatic heterocycles. The summed E-state index contributed by atoms with van der Waals surface area (Å²) in [6.07, 6.45) is 0. The molecule has 87 heavy (non-hydrogen) atoms. The van der Waals surface area contributed by atoms with Crippen LogP contribution in [-0.4, -0.2) is 48.4 Å². The summed E-state index contributed by atoms with van der Waals surface area (Å²) in [5, 5.41) is 18.3. The first kappa shape index (κ1) is 67.9. The van der Waals surface area contributed by atoms with Gasteiger partial charge in [-0.25, -0.2) is 0 Å². The third-order valence-electron chi connectivity index (χ3n) is 16.0. The summed E-state index contributed by atoms with van der Waals surface area (Å²) in [6.45, 7) is 43.1. The van der Waals surface area contributed by atoms with E-state index in [1.54, 1.807) is 0 Å². The molecule has 0 atom stereocenters. The van der Waals surface area contributed by atoms with Crippen LogP contribution in [0.5, 0.6) is 0 Å². The maximum absolute atomic E-state index is 7.94. The molecule has 0 spiro atoms. The standard InChI is InChI=1S/C46H57ClN2Si4.C18H27NSi2.C10H5Br2Cl/c1-50(2,3)39-25-17-35(18-26-39)48(36-19-27-40(28-20-36)51(4,5)6)44-33-34-15-13-14-16-43(34)46(45(44)47)49(37-21-29-41(30-22-37)52(7,8)9)38-23-31-42(32-24-38)53(10,11)12;1-20(2,3)17-11-7-15(8-12-17)19-16-9-13-18(14-10-16)21(4,5)6;11-8-5-6-3-1-2-4-7(6)9(12)10(8)13/h13-33H,1-12H3;7-14,19H,1-6H3;1-5H. The Hall–Kier alpha value is -5.04. The van der Waals surface area contributed by atoms with Gasteiger partial charge in [0.15, 0.2) is 0 Å². The first-order chi connectivity index (χ1) is 40.6. The molecule has 13 heteroatoms. The Kier molecular flexibility index (Phi) is 21.2. The Balaban J connectivity index is 0.000000233. The minimum Gasteiger partial charge on any atom is -0.356 e. The van der Waals surface area contributed by atoms with Crippen molar-refractivity contribution in [2.24, 2.45) is 0 Å². The maximum atomic E-state index is 7.94. The molecule has 0 heterocycles. The molecular formula is C74H89Br2Cl2N3Si6. The molecule has 10 rings (SSSR count). The molecule has 0 amide bonds. The van der Waals surface area contributed by atoms with Crippen LogP contribution < -0.4 is 46.2 Å². The first-order valence-corrected chi connectivity index (χ1v) is 53.7. The van der Waals surface area contributed by atoms with Crippen LogP contribution in [0.25, 0.3) is 21.5 Å². The lowest BCUT2D eigenvalue weighted by Crippen LogP contribution is -2.37. The average Bonchev–Trinajstić information content (AvgIpc) is 0.817. The highest BCUT2D eigenvalue weighted by atomic mass is 79.9. The quantitative estimate of drug-likeness (QED) is 0.0865. The lowest BCUT2D eigenvalue weighted by molar-refractivity contribution is 1.26. The van der Waals surface area contributed by atoms with Gasteiger partial charge >= 0.3 is 0 Å². The lowest BCUT2D eigenvalue weighted by atomic mass is 10.0. The number of nitrogens with zero attached hydrogens (tertiary/aromatic N) is 2. The molecule has 10 aromatic rings. The smallest absolute Gasteiger partial charge is 0.0893 e. The molecule has 3 nitrogen and oxygen atoms in total. The maximum Gasteiger partial charge on any atom is 0.0893 e. The van der Waals surface area contributed by atoms with Crippen molar-refractivity contribution in [2.75, 3.05) is 15.1 Å². The molecule has 1 N–H and O–H groups in total. The SMILES string of the molecule is C[Si](C)(C)c1ccc(N(c2ccc([Si](C)(C)C)cc2)c2cc3ccccc3c(N(c3ccc([Si](C)(C)C)cc3)c3ccc([Si](C)(C)C)cc3)c2Cl)cc1.C[Si](C)(C)c1ccc(Nc2ccc([Si](C)(C)C)cc2)cc1.Clc1c(Br)cc2ccccc2c1Br. The molecule has 0 saturated heterocycles. The van der Waals surface area contributed by atoms with Crippen LogP contribution in [0.1, 0.15) is 0 Å². The van der Waals surface area contributed by atoms with E-state index in [0.717, 1.165) is 80.6 Å². The van der Waals surface area contributed by atoms with Crippen molar-refractivity contribution < 1.29 is 0 Å². The van der Waals surface area contributed by atoms with E-state index in [-0.39, 0.29) is 0 Å². The number of hydrogen-bond donors (Lipinski definition) is 1. The monoisotopic (exact) mass is 1420 g/mol. The first-order valence-electron chi connectivity index (χ1n) is 30.3. The van der Waals surface area contributed by atoms with Gasteiger partial charge < -0.3 is 15.1 Å². The van der Waals surface area contributed by atoms with Crippen LogP contribution in [0.2, 0.25) is 128 Å². The predicted octanol–water partition coefficient (Wildman–Crippen LogP) is 22.2. The molecule has 0 aliphatic carbocycles. The highest BCUT2D eigenvalue weighted by molar-refractivity contribution is 9.11. The summed E-state index contributed by atoms with van der Waals surface area (Å²) in [6, 6.07) is 75.9. The summed E-state index contributed by atoms with van der Waals surface area (Å²) in [5.74, 6) is 0. The Morgan fingerprint density at radius 3 is 0.908 bits per heavy atom. The van der Waals surface area contributed by atoms with Crippen molar-refractivity contribution in [3.63, 3.8) is 0 Å². The third-order valence-corrected chi connectivity index (χ3v) is 31.1. The van der Waals surface area contributed by atoms with Crippen LogP contribution in [0, 0.1) is 0 Å². The van der Waals surface area contributed by atoms with Crippen LogP contribution in [0.15, 0.2) is 215 Å². The van der Waals surface area contributed by atoms with Crippen molar-refractivity contribution >= 4 is 202 Å². The highest BCUT2D eigenvalue weighted by Crippen LogP contribution is 2.50. The number of fused-ring (bicyclic) bond motifs is 2. The summed E-state index contributed by atoms with van der Waals surface area (Å²) in [4.78, 5) is 4.75. The minimum absolute atomic E-state index is 0.718. The summed E-state index contributed by atoms with van der Waals surface area (Å²) >= 11 is 20.9. The molecule has 0 aliphatic rings. The zero-order valence-corrected chi connectivity index (χ0v) is 65.2. The molecule has 452 valence electrons. The molecular weight excluding hydrogens is 1330 g/mol. The van der Waals surface area contributed by atoms with Crippen molar-refractivity contribution in [3.8, 4) is 0 Å². The fraction of sp³-hybridized carbons (Fsp3) is 0.243. The highest BCUT2D eigenvalue weighted by Gasteiger charge is 2.28. The van der Waals surface area contributed by atoms with Gasteiger partial charge in [0.05, 0.1) is 69.9 Å². The number of anilines is 8. The second-order valence-corrected chi connectivity index (χ2v) is 62.0. The molecule has 0 fully saturated rings. The Labute approximate surface area is 554 Å². The molecule has 0 unspecified atom stereocenters. The van der Waals surface area contributed by atoms with Gasteiger partial charge in [0.1, 0.15) is 0 Å². The second kappa shape index (κ2) is 27.2. The van der Waals surface area contributed by atoms with Crippen LogP contribution in [0.3, 0.4) is 0 Å². The number of rotatable bonds is 14. The minimum atomic E-state index is -1.51. The zero-order chi connectivity index (χ0) is 63.6. The molecule has 0 saturated carbocycles. The molecule has 10 aromatic carbocycles. The third kappa shape index (κ3) is 16.9. The Morgan fingerprint density at radius 2 is 0.586 bits per heavy atom. The van der Waals surface area contributed by atoms with Crippen LogP contribution in [-0.2, 0) is 0 Å². The number of nitrogens with one attached hydrogen (secondary N) is 1. The van der Waals surface area contributed by atoms with Crippen molar-refractivity contribution in [3.05, 3.63) is 225 Å². The molecule has 0 radical (unpaired) electrons. The van der Waals surface area contributed by atoms with Gasteiger partial charge in [-0.15, -0.1) is 0 Å². The van der Waals surface area contributed by atoms with Crippen molar-refractivity contribution in [1.29, 1.82) is 0 Å². The van der Waals surface area contributed by atoms with E-state index >= 15 is 0 Å². The van der Waals surface area contributed by atoms with Gasteiger partial charge in [-0.3, -0.25) is 0 Å². The fourth-order valence-electron chi connectivity index (χ4n) is 10.5. The van der Waals surface area contributed by atoms with E-state index in [1.807, 2.05) is 24.3 Å². The van der Waals surface area contributed by atoms with Gasteiger partial charge in [-0.1, -0.05) is 293 Å². The lowest BCUT2D eigenvalue weighted by Gasteiger charge is -2.33. The Morgan fingerprint density at radius 1 is 0.310 bits per heavy atom. The van der Waals surface area contributed by atoms with E-state index in [0.29, 0.717) is 0 Å². The topological polar surface area (TPSA) is 18.5 Å². The number of halogens is 4. The largest absolute Gasteiger partial charge is 0.356 e. The van der Waals surface area contributed by atoms with E-state index in [2.05, 4.69) is 347 Å². The number of benzene rings is 10. The van der Waals surface area contributed by atoms with Crippen LogP contribution in [0.4, 0.5) is 45.5 Å². The fourth-order valence-corrected chi connectivity index (χ4v) is 19.2. The summed E-state index contributed by atoms with van der Waals surface area (Å²) < 4.78 is 1.86. The van der Waals surface area contributed by atoms with E-state index in [9.17, 15) is 0 Å². The van der Waals surface area contributed by atoms with Gasteiger partial charge in [0.25, 0.3) is 0 Å². The molecule has 0 bridgehead atoms. The van der Waals surface area contributed by atoms with Gasteiger partial charge in [-0.05, 0) is 133 Å². The average molecular weight is 1420 g/mol. The molecule has 0 aliphatic heterocycles. The van der Waals surface area contributed by atoms with Crippen LogP contribution >= 0.6 is 55.1 Å².